The number of rotatable bonds is 4. The van der Waals surface area contributed by atoms with Crippen molar-refractivity contribution in [3.8, 4) is 5.88 Å². The molecule has 5 heteroatoms. The summed E-state index contributed by atoms with van der Waals surface area (Å²) in [5, 5.41) is 3.31. The molecule has 1 amide bonds. The third kappa shape index (κ3) is 3.77. The number of aromatic nitrogens is 1. The largest absolute Gasteiger partial charge is 0.477 e. The monoisotopic (exact) mass is 303 g/mol. The van der Waals surface area contributed by atoms with Crippen LogP contribution in [0.5, 0.6) is 5.88 Å². The highest BCUT2D eigenvalue weighted by molar-refractivity contribution is 5.79. The molecule has 1 N–H and O–H groups in total. The number of carbonyl (C=O) groups is 1. The zero-order valence-corrected chi connectivity index (χ0v) is 13.3. The Kier molecular flexibility index (Phi) is 4.93. The highest BCUT2D eigenvalue weighted by Gasteiger charge is 2.31. The van der Waals surface area contributed by atoms with Gasteiger partial charge >= 0.3 is 0 Å². The van der Waals surface area contributed by atoms with Crippen LogP contribution in [0.1, 0.15) is 24.8 Å². The van der Waals surface area contributed by atoms with E-state index in [1.165, 1.54) is 0 Å². The molecule has 2 fully saturated rings. The number of piperidine rings is 1. The quantitative estimate of drug-likeness (QED) is 0.918. The van der Waals surface area contributed by atoms with E-state index >= 15 is 0 Å². The topological polar surface area (TPSA) is 54.5 Å². The number of ether oxygens (including phenoxy) is 1. The van der Waals surface area contributed by atoms with E-state index in [0.29, 0.717) is 24.3 Å². The Morgan fingerprint density at radius 3 is 2.91 bits per heavy atom. The van der Waals surface area contributed by atoms with Crippen LogP contribution in [-0.4, -0.2) is 48.6 Å². The average molecular weight is 303 g/mol. The van der Waals surface area contributed by atoms with E-state index < -0.39 is 0 Å². The number of nitrogens with zero attached hydrogens (tertiary/aromatic N) is 2. The molecule has 0 saturated carbocycles. The van der Waals surface area contributed by atoms with Crippen molar-refractivity contribution in [2.75, 3.05) is 32.8 Å². The molecular weight excluding hydrogens is 278 g/mol. The van der Waals surface area contributed by atoms with E-state index in [1.54, 1.807) is 0 Å². The molecular formula is C17H25N3O2. The number of likely N-dealkylation sites (tertiary alicyclic amines) is 1. The van der Waals surface area contributed by atoms with Crippen LogP contribution >= 0.6 is 0 Å². The van der Waals surface area contributed by atoms with Crippen LogP contribution in [-0.2, 0) is 4.79 Å². The van der Waals surface area contributed by atoms with E-state index in [-0.39, 0.29) is 5.92 Å². The predicted octanol–water partition coefficient (Wildman–Crippen LogP) is 1.62. The van der Waals surface area contributed by atoms with Gasteiger partial charge in [-0.25, -0.2) is 4.98 Å². The fraction of sp³-hybridized carbons (Fsp3) is 0.647. The van der Waals surface area contributed by atoms with E-state index in [0.717, 1.165) is 51.0 Å². The SMILES string of the molecule is Cc1ccc(OCC2CCN(C(=O)C3CCNCC3)C2)nc1. The molecule has 1 unspecified atom stereocenters. The summed E-state index contributed by atoms with van der Waals surface area (Å²) in [6.07, 6.45) is 4.80. The first-order valence-electron chi connectivity index (χ1n) is 8.27. The summed E-state index contributed by atoms with van der Waals surface area (Å²) >= 11 is 0. The summed E-state index contributed by atoms with van der Waals surface area (Å²) in [6.45, 7) is 6.29. The number of aryl methyl sites for hydroxylation is 1. The van der Waals surface area contributed by atoms with Crippen molar-refractivity contribution in [3.63, 3.8) is 0 Å². The number of amides is 1. The summed E-state index contributed by atoms with van der Waals surface area (Å²) in [7, 11) is 0. The van der Waals surface area contributed by atoms with Crippen LogP contribution in [0, 0.1) is 18.8 Å². The molecule has 2 saturated heterocycles. The minimum absolute atomic E-state index is 0.222. The lowest BCUT2D eigenvalue weighted by Gasteiger charge is -2.26. The summed E-state index contributed by atoms with van der Waals surface area (Å²) in [4.78, 5) is 18.8. The second-order valence-electron chi connectivity index (χ2n) is 6.45. The van der Waals surface area contributed by atoms with Gasteiger partial charge in [0.05, 0.1) is 6.61 Å². The molecule has 1 aromatic rings. The Balaban J connectivity index is 1.45. The molecule has 2 aliphatic rings. The second kappa shape index (κ2) is 7.09. The van der Waals surface area contributed by atoms with E-state index in [1.807, 2.05) is 30.2 Å². The summed E-state index contributed by atoms with van der Waals surface area (Å²) in [5.41, 5.74) is 1.13. The molecule has 0 radical (unpaired) electrons. The highest BCUT2D eigenvalue weighted by atomic mass is 16.5. The molecule has 0 aliphatic carbocycles. The third-order valence-electron chi connectivity index (χ3n) is 4.64. The molecule has 120 valence electrons. The number of pyridine rings is 1. The summed E-state index contributed by atoms with van der Waals surface area (Å²) in [5.74, 6) is 1.67. The smallest absolute Gasteiger partial charge is 0.225 e. The van der Waals surface area contributed by atoms with E-state index in [2.05, 4.69) is 10.3 Å². The normalized spacial score (nSPS) is 22.8. The molecule has 22 heavy (non-hydrogen) atoms. The molecule has 1 aromatic heterocycles. The molecule has 2 aliphatic heterocycles. The highest BCUT2D eigenvalue weighted by Crippen LogP contribution is 2.22. The Morgan fingerprint density at radius 1 is 1.36 bits per heavy atom. The lowest BCUT2D eigenvalue weighted by Crippen LogP contribution is -2.40. The second-order valence-corrected chi connectivity index (χ2v) is 6.45. The maximum Gasteiger partial charge on any atom is 0.225 e. The molecule has 0 bridgehead atoms. The first-order valence-corrected chi connectivity index (χ1v) is 8.27. The standard InChI is InChI=1S/C17H25N3O2/c1-13-2-3-16(19-10-13)22-12-14-6-9-20(11-14)17(21)15-4-7-18-8-5-15/h2-3,10,14-15,18H,4-9,11-12H2,1H3. The fourth-order valence-corrected chi connectivity index (χ4v) is 3.24. The maximum absolute atomic E-state index is 12.5. The zero-order chi connectivity index (χ0) is 15.4. The Labute approximate surface area is 132 Å². The van der Waals surface area contributed by atoms with Gasteiger partial charge in [-0.15, -0.1) is 0 Å². The lowest BCUT2D eigenvalue weighted by molar-refractivity contribution is -0.135. The predicted molar refractivity (Wildman–Crippen MR) is 84.7 cm³/mol. The van der Waals surface area contributed by atoms with Crippen LogP contribution in [0.15, 0.2) is 18.3 Å². The molecule has 0 aromatic carbocycles. The van der Waals surface area contributed by atoms with Gasteiger partial charge in [0.1, 0.15) is 0 Å². The van der Waals surface area contributed by atoms with Crippen molar-refractivity contribution < 1.29 is 9.53 Å². The van der Waals surface area contributed by atoms with Gasteiger partial charge in [0.15, 0.2) is 0 Å². The number of hydrogen-bond donors (Lipinski definition) is 1. The summed E-state index contributed by atoms with van der Waals surface area (Å²) in [6, 6.07) is 3.91. The van der Waals surface area contributed by atoms with Crippen LogP contribution in [0.25, 0.3) is 0 Å². The first kappa shape index (κ1) is 15.3. The van der Waals surface area contributed by atoms with E-state index in [4.69, 9.17) is 4.74 Å². The molecule has 3 rings (SSSR count). The average Bonchev–Trinajstić information content (AvgIpc) is 3.03. The van der Waals surface area contributed by atoms with Gasteiger partial charge in [0, 0.05) is 37.2 Å². The van der Waals surface area contributed by atoms with Crippen molar-refractivity contribution in [2.45, 2.75) is 26.2 Å². The first-order chi connectivity index (χ1) is 10.7. The van der Waals surface area contributed by atoms with Crippen LogP contribution in [0.4, 0.5) is 0 Å². The minimum Gasteiger partial charge on any atom is -0.477 e. The summed E-state index contributed by atoms with van der Waals surface area (Å²) < 4.78 is 5.76. The van der Waals surface area contributed by atoms with Gasteiger partial charge in [-0.1, -0.05) is 6.07 Å². The minimum atomic E-state index is 0.222. The maximum atomic E-state index is 12.5. The van der Waals surface area contributed by atoms with Crippen molar-refractivity contribution in [1.29, 1.82) is 0 Å². The molecule has 3 heterocycles. The molecule has 1 atom stereocenters. The molecule has 0 spiro atoms. The van der Waals surface area contributed by atoms with Gasteiger partial charge in [-0.05, 0) is 44.8 Å². The fourth-order valence-electron chi connectivity index (χ4n) is 3.24. The van der Waals surface area contributed by atoms with Crippen LogP contribution < -0.4 is 10.1 Å². The number of carbonyl (C=O) groups excluding carboxylic acids is 1. The van der Waals surface area contributed by atoms with Gasteiger partial charge < -0.3 is 15.0 Å². The number of hydrogen-bond acceptors (Lipinski definition) is 4. The zero-order valence-electron chi connectivity index (χ0n) is 13.3. The molecule has 5 nitrogen and oxygen atoms in total. The van der Waals surface area contributed by atoms with Crippen molar-refractivity contribution in [1.82, 2.24) is 15.2 Å². The van der Waals surface area contributed by atoms with Gasteiger partial charge in [0.2, 0.25) is 11.8 Å². The van der Waals surface area contributed by atoms with Crippen molar-refractivity contribution in [2.24, 2.45) is 11.8 Å². The van der Waals surface area contributed by atoms with Gasteiger partial charge in [-0.2, -0.15) is 0 Å². The Bertz CT molecular complexity index is 497. The van der Waals surface area contributed by atoms with Crippen molar-refractivity contribution >= 4 is 5.91 Å². The van der Waals surface area contributed by atoms with Gasteiger partial charge in [-0.3, -0.25) is 4.79 Å². The number of nitrogens with one attached hydrogen (secondary N) is 1. The van der Waals surface area contributed by atoms with Crippen molar-refractivity contribution in [3.05, 3.63) is 23.9 Å². The Morgan fingerprint density at radius 2 is 2.18 bits per heavy atom. The van der Waals surface area contributed by atoms with Gasteiger partial charge in [0.25, 0.3) is 0 Å². The third-order valence-corrected chi connectivity index (χ3v) is 4.64. The lowest BCUT2D eigenvalue weighted by atomic mass is 9.97. The van der Waals surface area contributed by atoms with E-state index in [9.17, 15) is 4.79 Å². The van der Waals surface area contributed by atoms with Crippen LogP contribution in [0.2, 0.25) is 0 Å². The van der Waals surface area contributed by atoms with Crippen LogP contribution in [0.3, 0.4) is 0 Å². The Hall–Kier alpha value is -1.62.